The molecule has 0 fully saturated rings. The summed E-state index contributed by atoms with van der Waals surface area (Å²) in [7, 11) is 1.94. The van der Waals surface area contributed by atoms with Gasteiger partial charge in [0, 0.05) is 12.6 Å². The van der Waals surface area contributed by atoms with E-state index < -0.39 is 0 Å². The second-order valence-electron chi connectivity index (χ2n) is 5.08. The van der Waals surface area contributed by atoms with Gasteiger partial charge in [-0.3, -0.25) is 4.98 Å². The van der Waals surface area contributed by atoms with Gasteiger partial charge in [0.25, 0.3) is 0 Å². The van der Waals surface area contributed by atoms with Gasteiger partial charge in [-0.05, 0) is 30.3 Å². The first-order valence-electron chi connectivity index (χ1n) is 6.88. The van der Waals surface area contributed by atoms with E-state index in [-0.39, 0.29) is 5.75 Å². The quantitative estimate of drug-likeness (QED) is 0.613. The molecular formula is C17H13N3O2. The molecule has 0 aliphatic carbocycles. The van der Waals surface area contributed by atoms with Crippen LogP contribution in [0.4, 0.5) is 0 Å². The molecule has 1 aromatic carbocycles. The van der Waals surface area contributed by atoms with Crippen LogP contribution in [0, 0.1) is 0 Å². The van der Waals surface area contributed by atoms with Crippen LogP contribution in [0.2, 0.25) is 0 Å². The predicted molar refractivity (Wildman–Crippen MR) is 83.3 cm³/mol. The van der Waals surface area contributed by atoms with Crippen molar-refractivity contribution in [3.8, 4) is 28.6 Å². The maximum absolute atomic E-state index is 9.61. The van der Waals surface area contributed by atoms with E-state index in [2.05, 4.69) is 9.97 Å². The maximum atomic E-state index is 9.61. The van der Waals surface area contributed by atoms with Gasteiger partial charge in [0.05, 0.1) is 23.7 Å². The van der Waals surface area contributed by atoms with E-state index in [0.29, 0.717) is 0 Å². The van der Waals surface area contributed by atoms with Gasteiger partial charge < -0.3 is 14.1 Å². The highest BCUT2D eigenvalue weighted by molar-refractivity contribution is 5.82. The molecule has 22 heavy (non-hydrogen) atoms. The van der Waals surface area contributed by atoms with Crippen molar-refractivity contribution in [3.05, 3.63) is 54.9 Å². The monoisotopic (exact) mass is 291 g/mol. The number of fused-ring (bicyclic) bond motifs is 1. The van der Waals surface area contributed by atoms with Crippen molar-refractivity contribution in [1.29, 1.82) is 0 Å². The number of pyridine rings is 1. The Morgan fingerprint density at radius 2 is 2.05 bits per heavy atom. The summed E-state index contributed by atoms with van der Waals surface area (Å²) in [6.07, 6.45) is 3.37. The van der Waals surface area contributed by atoms with Crippen molar-refractivity contribution in [2.75, 3.05) is 0 Å². The van der Waals surface area contributed by atoms with Crippen LogP contribution in [0.15, 0.2) is 59.3 Å². The Bertz CT molecular complexity index is 955. The van der Waals surface area contributed by atoms with Gasteiger partial charge in [-0.25, -0.2) is 4.98 Å². The fourth-order valence-corrected chi connectivity index (χ4v) is 2.54. The Morgan fingerprint density at radius 3 is 2.82 bits per heavy atom. The van der Waals surface area contributed by atoms with Crippen molar-refractivity contribution in [2.45, 2.75) is 0 Å². The van der Waals surface area contributed by atoms with Crippen molar-refractivity contribution < 1.29 is 9.52 Å². The third-order valence-electron chi connectivity index (χ3n) is 3.65. The van der Waals surface area contributed by atoms with E-state index in [0.717, 1.165) is 33.9 Å². The number of rotatable bonds is 2. The first-order valence-corrected chi connectivity index (χ1v) is 6.88. The van der Waals surface area contributed by atoms with Crippen LogP contribution >= 0.6 is 0 Å². The molecule has 0 unspecified atom stereocenters. The third-order valence-corrected chi connectivity index (χ3v) is 3.65. The Hall–Kier alpha value is -3.08. The van der Waals surface area contributed by atoms with E-state index in [1.807, 2.05) is 35.9 Å². The molecule has 0 aliphatic heterocycles. The van der Waals surface area contributed by atoms with Crippen LogP contribution in [0.1, 0.15) is 0 Å². The second kappa shape index (κ2) is 4.73. The summed E-state index contributed by atoms with van der Waals surface area (Å²) in [5.74, 6) is 1.70. The van der Waals surface area contributed by atoms with Gasteiger partial charge in [0.2, 0.25) is 0 Å². The molecule has 4 rings (SSSR count). The molecule has 4 aromatic rings. The first kappa shape index (κ1) is 12.6. The number of furan rings is 1. The molecular weight excluding hydrogens is 278 g/mol. The SMILES string of the molecule is Cn1c(-c2ccco2)nc2cnc(-c3cccc(O)c3)cc21. The molecule has 0 amide bonds. The largest absolute Gasteiger partial charge is 0.508 e. The minimum Gasteiger partial charge on any atom is -0.508 e. The molecule has 0 saturated carbocycles. The molecule has 0 spiro atoms. The number of aromatic hydroxyl groups is 1. The number of hydrogen-bond acceptors (Lipinski definition) is 4. The minimum atomic E-state index is 0.223. The van der Waals surface area contributed by atoms with Gasteiger partial charge >= 0.3 is 0 Å². The average Bonchev–Trinajstić information content (AvgIpc) is 3.15. The van der Waals surface area contributed by atoms with E-state index >= 15 is 0 Å². The zero-order valence-corrected chi connectivity index (χ0v) is 11.9. The second-order valence-corrected chi connectivity index (χ2v) is 5.08. The number of nitrogens with zero attached hydrogens (tertiary/aromatic N) is 3. The molecule has 5 nitrogen and oxygen atoms in total. The first-order chi connectivity index (χ1) is 10.7. The molecule has 0 atom stereocenters. The van der Waals surface area contributed by atoms with Gasteiger partial charge in [-0.15, -0.1) is 0 Å². The summed E-state index contributed by atoms with van der Waals surface area (Å²) in [4.78, 5) is 9.00. The van der Waals surface area contributed by atoms with E-state index in [1.165, 1.54) is 0 Å². The lowest BCUT2D eigenvalue weighted by Gasteiger charge is -2.03. The van der Waals surface area contributed by atoms with Crippen molar-refractivity contribution in [2.24, 2.45) is 7.05 Å². The highest BCUT2D eigenvalue weighted by Gasteiger charge is 2.13. The Balaban J connectivity index is 1.89. The number of phenolic OH excluding ortho intramolecular Hbond substituents is 1. The van der Waals surface area contributed by atoms with Gasteiger partial charge in [-0.1, -0.05) is 12.1 Å². The summed E-state index contributed by atoms with van der Waals surface area (Å²) in [5, 5.41) is 9.61. The molecule has 0 bridgehead atoms. The van der Waals surface area contributed by atoms with Gasteiger partial charge in [0.1, 0.15) is 11.3 Å². The van der Waals surface area contributed by atoms with Gasteiger partial charge in [-0.2, -0.15) is 0 Å². The Kier molecular flexibility index (Phi) is 2.72. The Labute approximate surface area is 126 Å². The number of phenols is 1. The standard InChI is InChI=1S/C17H13N3O2/c1-20-15-9-13(11-4-2-5-12(21)8-11)18-10-14(15)19-17(20)16-6-3-7-22-16/h2-10,21H,1H3. The number of aryl methyl sites for hydroxylation is 1. The topological polar surface area (TPSA) is 64.1 Å². The van der Waals surface area contributed by atoms with Crippen molar-refractivity contribution in [1.82, 2.24) is 14.5 Å². The zero-order chi connectivity index (χ0) is 15.1. The molecule has 3 heterocycles. The van der Waals surface area contributed by atoms with E-state index in [1.54, 1.807) is 30.7 Å². The number of imidazole rings is 1. The normalized spacial score (nSPS) is 11.1. The number of aromatic nitrogens is 3. The molecule has 108 valence electrons. The third kappa shape index (κ3) is 1.95. The molecule has 5 heteroatoms. The van der Waals surface area contributed by atoms with E-state index in [9.17, 15) is 5.11 Å². The predicted octanol–water partition coefficient (Wildman–Crippen LogP) is 3.60. The highest BCUT2D eigenvalue weighted by atomic mass is 16.3. The van der Waals surface area contributed by atoms with Crippen molar-refractivity contribution >= 4 is 11.0 Å². The van der Waals surface area contributed by atoms with Crippen LogP contribution in [0.5, 0.6) is 5.75 Å². The van der Waals surface area contributed by atoms with Crippen molar-refractivity contribution in [3.63, 3.8) is 0 Å². The molecule has 0 aliphatic rings. The highest BCUT2D eigenvalue weighted by Crippen LogP contribution is 2.27. The summed E-state index contributed by atoms with van der Waals surface area (Å²) < 4.78 is 7.40. The summed E-state index contributed by atoms with van der Waals surface area (Å²) in [6.45, 7) is 0. The van der Waals surface area contributed by atoms with Crippen LogP contribution < -0.4 is 0 Å². The molecule has 0 radical (unpaired) electrons. The van der Waals surface area contributed by atoms with Gasteiger partial charge in [0.15, 0.2) is 11.6 Å². The Morgan fingerprint density at radius 1 is 1.14 bits per heavy atom. The lowest BCUT2D eigenvalue weighted by Crippen LogP contribution is -1.91. The number of benzene rings is 1. The maximum Gasteiger partial charge on any atom is 0.177 e. The minimum absolute atomic E-state index is 0.223. The fraction of sp³-hybridized carbons (Fsp3) is 0.0588. The van der Waals surface area contributed by atoms with Crippen LogP contribution in [0.25, 0.3) is 33.9 Å². The average molecular weight is 291 g/mol. The number of hydrogen-bond donors (Lipinski definition) is 1. The summed E-state index contributed by atoms with van der Waals surface area (Å²) >= 11 is 0. The molecule has 3 aromatic heterocycles. The molecule has 0 saturated heterocycles. The summed E-state index contributed by atoms with van der Waals surface area (Å²) in [5.41, 5.74) is 3.41. The van der Waals surface area contributed by atoms with Crippen LogP contribution in [0.3, 0.4) is 0 Å². The molecule has 1 N–H and O–H groups in total. The summed E-state index contributed by atoms with van der Waals surface area (Å²) in [6, 6.07) is 12.7. The lowest BCUT2D eigenvalue weighted by atomic mass is 10.1. The smallest absolute Gasteiger partial charge is 0.177 e. The van der Waals surface area contributed by atoms with Crippen LogP contribution in [-0.2, 0) is 7.05 Å². The van der Waals surface area contributed by atoms with E-state index in [4.69, 9.17) is 4.42 Å². The van der Waals surface area contributed by atoms with Crippen LogP contribution in [-0.4, -0.2) is 19.6 Å². The zero-order valence-electron chi connectivity index (χ0n) is 11.9. The lowest BCUT2D eigenvalue weighted by molar-refractivity contribution is 0.475. The fourth-order valence-electron chi connectivity index (χ4n) is 2.54.